The van der Waals surface area contributed by atoms with Crippen LogP contribution in [0.2, 0.25) is 0 Å². The van der Waals surface area contributed by atoms with Gasteiger partial charge in [0, 0.05) is 43.0 Å². The first-order valence-corrected chi connectivity index (χ1v) is 11.1. The molecular formula is C23H33N3O3. The van der Waals surface area contributed by atoms with E-state index in [9.17, 15) is 9.59 Å². The number of hydrogen-bond acceptors (Lipinski definition) is 4. The van der Waals surface area contributed by atoms with Crippen LogP contribution in [0.5, 0.6) is 0 Å². The van der Waals surface area contributed by atoms with Crippen molar-refractivity contribution in [1.29, 1.82) is 0 Å². The summed E-state index contributed by atoms with van der Waals surface area (Å²) in [5.74, 6) is 0.208. The van der Waals surface area contributed by atoms with E-state index in [0.29, 0.717) is 6.54 Å². The first-order chi connectivity index (χ1) is 14.1. The lowest BCUT2D eigenvalue weighted by Gasteiger charge is -2.35. The minimum Gasteiger partial charge on any atom is -0.378 e. The number of ether oxygens (including phenoxy) is 1. The number of morpholine rings is 1. The number of carbonyl (C=O) groups excluding carboxylic acids is 2. The Morgan fingerprint density at radius 3 is 2.52 bits per heavy atom. The summed E-state index contributed by atoms with van der Waals surface area (Å²) in [5, 5.41) is 3.10. The molecule has 1 aromatic rings. The molecule has 3 fully saturated rings. The number of anilines is 1. The Balaban J connectivity index is 1.51. The van der Waals surface area contributed by atoms with Gasteiger partial charge in [-0.05, 0) is 56.4 Å². The summed E-state index contributed by atoms with van der Waals surface area (Å²) in [5.41, 5.74) is 1.43. The van der Waals surface area contributed by atoms with Crippen molar-refractivity contribution in [2.24, 2.45) is 5.41 Å². The van der Waals surface area contributed by atoms with Crippen molar-refractivity contribution in [3.63, 3.8) is 0 Å². The fourth-order valence-electron chi connectivity index (χ4n) is 5.47. The molecule has 4 rings (SSSR count). The normalized spacial score (nSPS) is 28.6. The molecule has 158 valence electrons. The number of hydrogen-bond donors (Lipinski definition) is 1. The topological polar surface area (TPSA) is 61.9 Å². The Morgan fingerprint density at radius 2 is 1.86 bits per heavy atom. The van der Waals surface area contributed by atoms with Crippen LogP contribution in [0.3, 0.4) is 0 Å². The highest BCUT2D eigenvalue weighted by Crippen LogP contribution is 2.52. The van der Waals surface area contributed by atoms with Crippen molar-refractivity contribution in [3.8, 4) is 0 Å². The molecular weight excluding hydrogens is 366 g/mol. The summed E-state index contributed by atoms with van der Waals surface area (Å²) in [6.45, 7) is 8.12. The van der Waals surface area contributed by atoms with Crippen LogP contribution >= 0.6 is 0 Å². The monoisotopic (exact) mass is 399 g/mol. The highest BCUT2D eigenvalue weighted by molar-refractivity contribution is 5.97. The van der Waals surface area contributed by atoms with Crippen LogP contribution < -0.4 is 10.2 Å². The summed E-state index contributed by atoms with van der Waals surface area (Å²) in [4.78, 5) is 30.7. The molecule has 2 amide bonds. The van der Waals surface area contributed by atoms with E-state index >= 15 is 0 Å². The van der Waals surface area contributed by atoms with Crippen LogP contribution in [-0.4, -0.2) is 61.6 Å². The van der Waals surface area contributed by atoms with Gasteiger partial charge in [-0.3, -0.25) is 9.59 Å². The molecule has 0 unspecified atom stereocenters. The second-order valence-electron chi connectivity index (χ2n) is 8.58. The first kappa shape index (κ1) is 20.2. The van der Waals surface area contributed by atoms with Gasteiger partial charge in [-0.15, -0.1) is 0 Å². The van der Waals surface area contributed by atoms with Crippen LogP contribution in [0.4, 0.5) is 5.69 Å². The van der Waals surface area contributed by atoms with Gasteiger partial charge < -0.3 is 19.9 Å². The molecule has 0 spiro atoms. The lowest BCUT2D eigenvalue weighted by atomic mass is 9.71. The van der Waals surface area contributed by atoms with Crippen LogP contribution in [0, 0.1) is 5.41 Å². The third-order valence-electron chi connectivity index (χ3n) is 7.08. The van der Waals surface area contributed by atoms with Crippen molar-refractivity contribution in [2.75, 3.05) is 37.7 Å². The summed E-state index contributed by atoms with van der Waals surface area (Å²) in [6, 6.07) is 8.15. The number of carbonyl (C=O) groups is 2. The molecule has 0 saturated carbocycles. The van der Waals surface area contributed by atoms with Crippen LogP contribution in [-0.2, 0) is 9.53 Å². The van der Waals surface area contributed by atoms with Crippen molar-refractivity contribution in [1.82, 2.24) is 10.2 Å². The molecule has 6 nitrogen and oxygen atoms in total. The van der Waals surface area contributed by atoms with Gasteiger partial charge in [0.2, 0.25) is 5.91 Å². The van der Waals surface area contributed by atoms with E-state index in [4.69, 9.17) is 4.74 Å². The fourth-order valence-corrected chi connectivity index (χ4v) is 5.47. The van der Waals surface area contributed by atoms with Crippen LogP contribution in [0.1, 0.15) is 56.3 Å². The Hall–Kier alpha value is -2.08. The molecule has 1 N–H and O–H groups in total. The van der Waals surface area contributed by atoms with Gasteiger partial charge in [-0.2, -0.15) is 0 Å². The highest BCUT2D eigenvalue weighted by Gasteiger charge is 2.60. The molecule has 3 saturated heterocycles. The summed E-state index contributed by atoms with van der Waals surface area (Å²) < 4.78 is 5.42. The molecule has 0 radical (unpaired) electrons. The second kappa shape index (κ2) is 8.34. The Morgan fingerprint density at radius 1 is 1.14 bits per heavy atom. The van der Waals surface area contributed by atoms with E-state index in [1.165, 1.54) is 0 Å². The molecule has 3 aliphatic heterocycles. The highest BCUT2D eigenvalue weighted by atomic mass is 16.5. The molecule has 0 aromatic heterocycles. The molecule has 6 heteroatoms. The van der Waals surface area contributed by atoms with E-state index in [2.05, 4.69) is 24.1 Å². The lowest BCUT2D eigenvalue weighted by molar-refractivity contribution is -0.132. The maximum Gasteiger partial charge on any atom is 0.254 e. The molecule has 3 atom stereocenters. The Kier molecular flexibility index (Phi) is 5.81. The molecule has 1 aromatic carbocycles. The zero-order valence-electron chi connectivity index (χ0n) is 17.7. The zero-order valence-corrected chi connectivity index (χ0v) is 17.7. The zero-order chi connectivity index (χ0) is 20.4. The van der Waals surface area contributed by atoms with Gasteiger partial charge in [-0.25, -0.2) is 0 Å². The average molecular weight is 400 g/mol. The minimum absolute atomic E-state index is 0.0146. The minimum atomic E-state index is -0.429. The molecule has 0 aliphatic carbocycles. The first-order valence-electron chi connectivity index (χ1n) is 11.1. The molecule has 2 bridgehead atoms. The SMILES string of the molecule is CCCNC(=O)[C@@]1(CC)C[C@H]2CC[C@@H]1N2C(=O)c1ccc(N2CCOCC2)cc1. The second-order valence-corrected chi connectivity index (χ2v) is 8.58. The van der Waals surface area contributed by atoms with Gasteiger partial charge in [0.1, 0.15) is 0 Å². The number of benzene rings is 1. The summed E-state index contributed by atoms with van der Waals surface area (Å²) >= 11 is 0. The number of fused-ring (bicyclic) bond motifs is 2. The van der Waals surface area contributed by atoms with E-state index in [1.807, 2.05) is 29.2 Å². The third kappa shape index (κ3) is 3.52. The number of nitrogens with one attached hydrogen (secondary N) is 1. The number of rotatable bonds is 6. The standard InChI is InChI=1S/C23H33N3O3/c1-3-11-24-22(28)23(4-2)16-19-9-10-20(23)26(19)21(27)17-5-7-18(8-6-17)25-12-14-29-15-13-25/h5-8,19-20H,3-4,9-16H2,1-2H3,(H,24,28)/t19-,20+,23+/m1/s1. The van der Waals surface area contributed by atoms with Gasteiger partial charge in [0.15, 0.2) is 0 Å². The Bertz CT molecular complexity index is 744. The van der Waals surface area contributed by atoms with Crippen molar-refractivity contribution in [3.05, 3.63) is 29.8 Å². The van der Waals surface area contributed by atoms with Gasteiger partial charge in [-0.1, -0.05) is 13.8 Å². The predicted molar refractivity (Wildman–Crippen MR) is 113 cm³/mol. The summed E-state index contributed by atoms with van der Waals surface area (Å²) in [7, 11) is 0. The fraction of sp³-hybridized carbons (Fsp3) is 0.652. The number of nitrogens with zero attached hydrogens (tertiary/aromatic N) is 2. The molecule has 3 aliphatic rings. The van der Waals surface area contributed by atoms with Gasteiger partial charge in [0.25, 0.3) is 5.91 Å². The van der Waals surface area contributed by atoms with Crippen molar-refractivity contribution < 1.29 is 14.3 Å². The van der Waals surface area contributed by atoms with E-state index in [1.54, 1.807) is 0 Å². The summed E-state index contributed by atoms with van der Waals surface area (Å²) in [6.07, 6.45) is 4.43. The maximum atomic E-state index is 13.4. The van der Waals surface area contributed by atoms with Crippen LogP contribution in [0.15, 0.2) is 24.3 Å². The maximum absolute atomic E-state index is 13.4. The average Bonchev–Trinajstić information content (AvgIpc) is 3.34. The van der Waals surface area contributed by atoms with Crippen molar-refractivity contribution >= 4 is 17.5 Å². The van der Waals surface area contributed by atoms with Gasteiger partial charge >= 0.3 is 0 Å². The largest absolute Gasteiger partial charge is 0.378 e. The molecule has 3 heterocycles. The quantitative estimate of drug-likeness (QED) is 0.799. The third-order valence-corrected chi connectivity index (χ3v) is 7.08. The lowest BCUT2D eigenvalue weighted by Crippen LogP contribution is -2.49. The van der Waals surface area contributed by atoms with Crippen molar-refractivity contribution in [2.45, 2.75) is 58.0 Å². The Labute approximate surface area is 173 Å². The molecule has 29 heavy (non-hydrogen) atoms. The van der Waals surface area contributed by atoms with E-state index in [0.717, 1.165) is 69.7 Å². The predicted octanol–water partition coefficient (Wildman–Crippen LogP) is 2.82. The van der Waals surface area contributed by atoms with E-state index in [-0.39, 0.29) is 23.9 Å². The number of amides is 2. The van der Waals surface area contributed by atoms with E-state index < -0.39 is 5.41 Å². The smallest absolute Gasteiger partial charge is 0.254 e. The van der Waals surface area contributed by atoms with Gasteiger partial charge in [0.05, 0.1) is 18.6 Å². The van der Waals surface area contributed by atoms with Crippen LogP contribution in [0.25, 0.3) is 0 Å².